The van der Waals surface area contributed by atoms with Crippen LogP contribution in [0.25, 0.3) is 0 Å². The van der Waals surface area contributed by atoms with Gasteiger partial charge in [-0.05, 0) is 41.1 Å². The van der Waals surface area contributed by atoms with Gasteiger partial charge < -0.3 is 10.6 Å². The molecule has 0 spiro atoms. The summed E-state index contributed by atoms with van der Waals surface area (Å²) in [4.78, 5) is 12.9. The fourth-order valence-corrected chi connectivity index (χ4v) is 3.16. The van der Waals surface area contributed by atoms with Crippen LogP contribution in [0.5, 0.6) is 0 Å². The van der Waals surface area contributed by atoms with E-state index in [1.807, 2.05) is 11.4 Å². The number of carbonyl (C=O) groups excluding carboxylic acids is 1. The molecule has 0 aliphatic heterocycles. The Kier molecular flexibility index (Phi) is 5.30. The van der Waals surface area contributed by atoms with Gasteiger partial charge in [-0.15, -0.1) is 11.3 Å². The van der Waals surface area contributed by atoms with Crippen molar-refractivity contribution in [3.63, 3.8) is 0 Å². The molecule has 7 heteroatoms. The number of anilines is 1. The van der Waals surface area contributed by atoms with Crippen LogP contribution in [0.1, 0.15) is 22.2 Å². The maximum absolute atomic E-state index is 13.7. The highest BCUT2D eigenvalue weighted by Gasteiger charge is 2.14. The molecule has 0 fully saturated rings. The predicted octanol–water partition coefficient (Wildman–Crippen LogP) is 4.15. The van der Waals surface area contributed by atoms with E-state index < -0.39 is 17.5 Å². The fourth-order valence-electron chi connectivity index (χ4n) is 1.77. The largest absolute Gasteiger partial charge is 0.381 e. The summed E-state index contributed by atoms with van der Waals surface area (Å²) in [7, 11) is 0. The van der Waals surface area contributed by atoms with E-state index in [1.54, 1.807) is 6.92 Å². The van der Waals surface area contributed by atoms with Crippen molar-refractivity contribution in [1.82, 2.24) is 5.32 Å². The molecule has 0 saturated heterocycles. The van der Waals surface area contributed by atoms with Gasteiger partial charge in [-0.1, -0.05) is 0 Å². The molecule has 1 heterocycles. The van der Waals surface area contributed by atoms with Gasteiger partial charge in [0.05, 0.1) is 6.54 Å². The van der Waals surface area contributed by atoms with Crippen LogP contribution >= 0.6 is 27.3 Å². The van der Waals surface area contributed by atoms with Crippen LogP contribution in [-0.2, 0) is 6.54 Å². The van der Waals surface area contributed by atoms with Crippen LogP contribution in [-0.4, -0.2) is 12.5 Å². The minimum Gasteiger partial charge on any atom is -0.381 e. The number of halogens is 3. The lowest BCUT2D eigenvalue weighted by molar-refractivity contribution is 0.0950. The van der Waals surface area contributed by atoms with E-state index >= 15 is 0 Å². The van der Waals surface area contributed by atoms with E-state index in [2.05, 4.69) is 26.6 Å². The second kappa shape index (κ2) is 7.00. The second-order valence-corrected chi connectivity index (χ2v) is 6.17. The van der Waals surface area contributed by atoms with Crippen LogP contribution in [0.3, 0.4) is 0 Å². The van der Waals surface area contributed by atoms with Crippen molar-refractivity contribution in [1.29, 1.82) is 0 Å². The monoisotopic (exact) mass is 374 g/mol. The number of benzene rings is 1. The summed E-state index contributed by atoms with van der Waals surface area (Å²) in [6, 6.07) is 3.93. The fraction of sp³-hybridized carbons (Fsp3) is 0.214. The van der Waals surface area contributed by atoms with Crippen LogP contribution in [0.15, 0.2) is 28.1 Å². The average Bonchev–Trinajstić information content (AvgIpc) is 2.85. The normalized spacial score (nSPS) is 10.5. The smallest absolute Gasteiger partial charge is 0.251 e. The predicted molar refractivity (Wildman–Crippen MR) is 83.7 cm³/mol. The SMILES string of the molecule is CCNc1c(F)cc(C(=O)NCc2cc(Br)cs2)cc1F. The van der Waals surface area contributed by atoms with Gasteiger partial charge in [-0.25, -0.2) is 8.78 Å². The molecule has 2 rings (SSSR count). The molecule has 0 aliphatic rings. The molecule has 0 unspecified atom stereocenters. The molecular formula is C14H13BrF2N2OS. The zero-order chi connectivity index (χ0) is 15.4. The zero-order valence-electron chi connectivity index (χ0n) is 11.2. The highest BCUT2D eigenvalue weighted by atomic mass is 79.9. The van der Waals surface area contributed by atoms with Crippen LogP contribution < -0.4 is 10.6 Å². The maximum Gasteiger partial charge on any atom is 0.251 e. The van der Waals surface area contributed by atoms with E-state index in [1.165, 1.54) is 11.3 Å². The molecule has 2 aromatic rings. The Labute approximate surface area is 133 Å². The Morgan fingerprint density at radius 2 is 1.95 bits per heavy atom. The number of nitrogens with one attached hydrogen (secondary N) is 2. The van der Waals surface area contributed by atoms with E-state index in [4.69, 9.17) is 0 Å². The first-order valence-electron chi connectivity index (χ1n) is 6.25. The standard InChI is InChI=1S/C14H13BrF2N2OS/c1-2-18-13-11(16)3-8(4-12(13)17)14(20)19-6-10-5-9(15)7-21-10/h3-5,7,18H,2,6H2,1H3,(H,19,20). The Balaban J connectivity index is 2.08. The summed E-state index contributed by atoms with van der Waals surface area (Å²) in [6.45, 7) is 2.44. The van der Waals surface area contributed by atoms with Crippen molar-refractivity contribution in [2.75, 3.05) is 11.9 Å². The molecule has 2 N–H and O–H groups in total. The Bertz CT molecular complexity index is 637. The molecule has 0 bridgehead atoms. The molecular weight excluding hydrogens is 362 g/mol. The van der Waals surface area contributed by atoms with E-state index in [9.17, 15) is 13.6 Å². The number of thiophene rings is 1. The number of amides is 1. The highest BCUT2D eigenvalue weighted by Crippen LogP contribution is 2.22. The summed E-state index contributed by atoms with van der Waals surface area (Å²) in [6.07, 6.45) is 0. The molecule has 1 aromatic heterocycles. The zero-order valence-corrected chi connectivity index (χ0v) is 13.6. The molecule has 3 nitrogen and oxygen atoms in total. The van der Waals surface area contributed by atoms with Gasteiger partial charge in [0.25, 0.3) is 5.91 Å². The summed E-state index contributed by atoms with van der Waals surface area (Å²) >= 11 is 4.80. The lowest BCUT2D eigenvalue weighted by Crippen LogP contribution is -2.22. The molecule has 1 aromatic carbocycles. The molecule has 21 heavy (non-hydrogen) atoms. The molecule has 112 valence electrons. The van der Waals surface area contributed by atoms with Crippen molar-refractivity contribution in [3.8, 4) is 0 Å². The second-order valence-electron chi connectivity index (χ2n) is 4.26. The first-order valence-corrected chi connectivity index (χ1v) is 7.92. The molecule has 0 aliphatic carbocycles. The lowest BCUT2D eigenvalue weighted by Gasteiger charge is -2.09. The number of rotatable bonds is 5. The van der Waals surface area contributed by atoms with Crippen molar-refractivity contribution in [2.24, 2.45) is 0 Å². The first-order chi connectivity index (χ1) is 10.0. The van der Waals surface area contributed by atoms with Gasteiger partial charge in [0.2, 0.25) is 0 Å². The third-order valence-corrected chi connectivity index (χ3v) is 4.40. The van der Waals surface area contributed by atoms with Gasteiger partial charge in [0.1, 0.15) is 17.3 Å². The van der Waals surface area contributed by atoms with Gasteiger partial charge >= 0.3 is 0 Å². The van der Waals surface area contributed by atoms with Crippen molar-refractivity contribution >= 4 is 38.9 Å². The number of hydrogen-bond acceptors (Lipinski definition) is 3. The molecule has 1 amide bonds. The molecule has 0 radical (unpaired) electrons. The van der Waals surface area contributed by atoms with Crippen molar-refractivity contribution in [2.45, 2.75) is 13.5 Å². The quantitative estimate of drug-likeness (QED) is 0.825. The summed E-state index contributed by atoms with van der Waals surface area (Å²) in [5, 5.41) is 7.11. The first kappa shape index (κ1) is 15.9. The minimum atomic E-state index is -0.777. The van der Waals surface area contributed by atoms with E-state index in [0.717, 1.165) is 21.5 Å². The Morgan fingerprint density at radius 1 is 1.29 bits per heavy atom. The van der Waals surface area contributed by atoms with Gasteiger partial charge in [-0.3, -0.25) is 4.79 Å². The Morgan fingerprint density at radius 3 is 2.48 bits per heavy atom. The lowest BCUT2D eigenvalue weighted by atomic mass is 10.1. The van der Waals surface area contributed by atoms with Gasteiger partial charge in [0, 0.05) is 26.8 Å². The summed E-state index contributed by atoms with van der Waals surface area (Å²) < 4.78 is 28.4. The molecule has 0 atom stereocenters. The number of carbonyl (C=O) groups is 1. The van der Waals surface area contributed by atoms with E-state index in [-0.39, 0.29) is 11.3 Å². The minimum absolute atomic E-state index is 0.0396. The topological polar surface area (TPSA) is 41.1 Å². The van der Waals surface area contributed by atoms with E-state index in [0.29, 0.717) is 13.1 Å². The van der Waals surface area contributed by atoms with Crippen molar-refractivity contribution in [3.05, 3.63) is 50.1 Å². The third kappa shape index (κ3) is 4.01. The Hall–Kier alpha value is -1.47. The third-order valence-electron chi connectivity index (χ3n) is 2.70. The van der Waals surface area contributed by atoms with Gasteiger partial charge in [0.15, 0.2) is 0 Å². The summed E-state index contributed by atoms with van der Waals surface area (Å²) in [5.41, 5.74) is -0.251. The van der Waals surface area contributed by atoms with Crippen LogP contribution in [0.4, 0.5) is 14.5 Å². The van der Waals surface area contributed by atoms with Crippen molar-refractivity contribution < 1.29 is 13.6 Å². The maximum atomic E-state index is 13.7. The van der Waals surface area contributed by atoms with Crippen LogP contribution in [0, 0.1) is 11.6 Å². The summed E-state index contributed by atoms with van der Waals surface area (Å²) in [5.74, 6) is -2.07. The molecule has 0 saturated carbocycles. The van der Waals surface area contributed by atoms with Crippen LogP contribution in [0.2, 0.25) is 0 Å². The number of hydrogen-bond donors (Lipinski definition) is 2. The van der Waals surface area contributed by atoms with Gasteiger partial charge in [-0.2, -0.15) is 0 Å². The average molecular weight is 375 g/mol. The highest BCUT2D eigenvalue weighted by molar-refractivity contribution is 9.10.